The zero-order chi connectivity index (χ0) is 7.56. The quantitative estimate of drug-likeness (QED) is 0.706. The lowest BCUT2D eigenvalue weighted by Crippen LogP contribution is -2.32. The molecule has 0 aromatic carbocycles. The van der Waals surface area contributed by atoms with E-state index >= 15 is 0 Å². The van der Waals surface area contributed by atoms with E-state index in [0.29, 0.717) is 12.1 Å². The van der Waals surface area contributed by atoms with Crippen LogP contribution in [0.3, 0.4) is 0 Å². The zero-order valence-electron chi connectivity index (χ0n) is 7.76. The monoisotopic (exact) mass is 220 g/mol. The highest BCUT2D eigenvalue weighted by molar-refractivity contribution is 7.77. The summed E-state index contributed by atoms with van der Waals surface area (Å²) in [4.78, 5) is 0. The minimum Gasteiger partial charge on any atom is -0.380 e. The highest BCUT2D eigenvalue weighted by Gasteiger charge is 2.27. The van der Waals surface area contributed by atoms with Crippen LogP contribution in [0.5, 0.6) is 0 Å². The van der Waals surface area contributed by atoms with Gasteiger partial charge in [-0.3, -0.25) is 14.1 Å². The van der Waals surface area contributed by atoms with Crippen molar-refractivity contribution in [3.05, 3.63) is 0 Å². The zero-order valence-corrected chi connectivity index (χ0v) is 8.58. The Labute approximate surface area is 82.3 Å². The average Bonchev–Trinajstić information content (AvgIpc) is 2.34. The normalized spacial score (nSPS) is 23.8. The van der Waals surface area contributed by atoms with Gasteiger partial charge in [-0.15, -0.1) is 0 Å². The Balaban J connectivity index is -0.000000333. The van der Waals surface area contributed by atoms with Crippen molar-refractivity contribution in [3.63, 3.8) is 0 Å². The van der Waals surface area contributed by atoms with Gasteiger partial charge in [-0.25, -0.2) is 4.31 Å². The molecule has 83 valence electrons. The number of rotatable bonds is 2. The van der Waals surface area contributed by atoms with Gasteiger partial charge in [0.15, 0.2) is 0 Å². The van der Waals surface area contributed by atoms with Crippen molar-refractivity contribution < 1.29 is 18.9 Å². The number of nitrogens with zero attached hydrogens (tertiary/aromatic N) is 1. The van der Waals surface area contributed by atoms with Crippen molar-refractivity contribution in [1.29, 1.82) is 0 Å². The maximum atomic E-state index is 5.20. The van der Waals surface area contributed by atoms with Crippen LogP contribution in [0.1, 0.15) is 19.8 Å². The van der Waals surface area contributed by atoms with Gasteiger partial charge in [0.1, 0.15) is 0 Å². The molecule has 1 aliphatic heterocycles. The van der Waals surface area contributed by atoms with Gasteiger partial charge >= 0.3 is 0 Å². The molecular weight excluding hydrogens is 203 g/mol. The molecule has 0 bridgehead atoms. The van der Waals surface area contributed by atoms with E-state index in [4.69, 9.17) is 17.6 Å². The third kappa shape index (κ3) is 4.73. The van der Waals surface area contributed by atoms with E-state index in [1.807, 2.05) is 4.31 Å². The van der Waals surface area contributed by atoms with Gasteiger partial charge in [0.05, 0.1) is 6.10 Å². The Kier molecular flexibility index (Phi) is 12.5. The first-order valence-electron chi connectivity index (χ1n) is 3.72. The third-order valence-corrected chi connectivity index (χ3v) is 2.62. The van der Waals surface area contributed by atoms with E-state index in [9.17, 15) is 0 Å². The molecule has 0 aromatic heterocycles. The second-order valence-corrected chi connectivity index (χ2v) is 3.26. The maximum Gasteiger partial charge on any atom is 0.0707 e. The van der Waals surface area contributed by atoms with E-state index in [2.05, 4.69) is 6.92 Å². The highest BCUT2D eigenvalue weighted by Crippen LogP contribution is 2.22. The van der Waals surface area contributed by atoms with Crippen LogP contribution in [0.25, 0.3) is 0 Å². The van der Waals surface area contributed by atoms with Crippen molar-refractivity contribution in [2.24, 2.45) is 0 Å². The number of ether oxygens (including phenoxy) is 1. The summed E-state index contributed by atoms with van der Waals surface area (Å²) < 4.78 is 7.16. The summed E-state index contributed by atoms with van der Waals surface area (Å²) >= 11 is 5.12. The molecule has 0 aromatic rings. The second-order valence-electron chi connectivity index (χ2n) is 2.79. The predicted octanol–water partition coefficient (Wildman–Crippen LogP) is 2.06. The summed E-state index contributed by atoms with van der Waals surface area (Å²) in [5.41, 5.74) is 0. The van der Waals surface area contributed by atoms with Crippen LogP contribution in [0.2, 0.25) is 0 Å². The number of methoxy groups -OCH3 is 1. The summed E-state index contributed by atoms with van der Waals surface area (Å²) in [6.07, 6.45) is 2.71. The molecule has 0 N–H and O–H groups in total. The van der Waals surface area contributed by atoms with Gasteiger partial charge in [-0.1, -0.05) is 0 Å². The fraction of sp³-hybridized carbons (Fsp3) is 1.00. The molecule has 0 aliphatic carbocycles. The minimum absolute atomic E-state index is 0. The van der Waals surface area contributed by atoms with E-state index in [1.54, 1.807) is 7.11 Å². The first-order valence-corrected chi connectivity index (χ1v) is 4.09. The van der Waals surface area contributed by atoms with Crippen LogP contribution >= 0.6 is 12.8 Å². The van der Waals surface area contributed by atoms with Gasteiger partial charge in [-0.05, 0) is 19.8 Å². The average molecular weight is 220 g/mol. The van der Waals surface area contributed by atoms with Crippen molar-refractivity contribution in [2.45, 2.75) is 31.9 Å². The predicted molar refractivity (Wildman–Crippen MR) is 51.3 cm³/mol. The minimum atomic E-state index is 0. The van der Waals surface area contributed by atoms with Gasteiger partial charge in [-0.2, -0.15) is 0 Å². The topological polar surface area (TPSA) is 12.5 Å². The Bertz CT molecular complexity index is 120. The highest BCUT2D eigenvalue weighted by atomic mass is 32.1. The molecule has 1 aliphatic rings. The van der Waals surface area contributed by atoms with Crippen LogP contribution in [-0.4, -0.2) is 30.1 Å². The lowest BCUT2D eigenvalue weighted by atomic mass is 10.1. The number of hydrogen-bond donors (Lipinski definition) is 0. The van der Waals surface area contributed by atoms with Gasteiger partial charge < -0.3 is 4.74 Å². The Hall–Kier alpha value is 0.0600. The maximum absolute atomic E-state index is 5.20. The van der Waals surface area contributed by atoms with Crippen LogP contribution in [0.4, 0.5) is 14.1 Å². The van der Waals surface area contributed by atoms with Crippen LogP contribution in [-0.2, 0) is 4.74 Å². The molecule has 1 fully saturated rings. The van der Waals surface area contributed by atoms with Gasteiger partial charge in [0.2, 0.25) is 0 Å². The largest absolute Gasteiger partial charge is 0.380 e. The summed E-state index contributed by atoms with van der Waals surface area (Å²) in [5.74, 6) is 0. The molecule has 1 heterocycles. The van der Waals surface area contributed by atoms with Crippen LogP contribution in [0, 0.1) is 0 Å². The summed E-state index contributed by atoms with van der Waals surface area (Å²) in [6.45, 7) is 3.13. The van der Waals surface area contributed by atoms with Crippen molar-refractivity contribution >= 4 is 12.8 Å². The molecule has 1 radical (unpaired) electrons. The molecule has 2 atom stereocenters. The van der Waals surface area contributed by atoms with E-state index < -0.39 is 0 Å². The third-order valence-electron chi connectivity index (χ3n) is 2.16. The smallest absolute Gasteiger partial charge is 0.0707 e. The molecule has 0 amide bonds. The first-order chi connectivity index (χ1) is 4.75. The standard InChI is InChI=1S/C7H14NOS.3FH/c1-6(9-2)7-4-3-5-8(7)10;;;/h6-7H,3-5H2,1-2H3;3*1H. The van der Waals surface area contributed by atoms with E-state index in [-0.39, 0.29) is 14.1 Å². The summed E-state index contributed by atoms with van der Waals surface area (Å²) in [5, 5.41) is 0. The summed E-state index contributed by atoms with van der Waals surface area (Å²) in [7, 11) is 1.74. The van der Waals surface area contributed by atoms with Gasteiger partial charge in [0, 0.05) is 32.5 Å². The SMILES string of the molecule is COC(C)C1CCCN1[S].F.F.F. The van der Waals surface area contributed by atoms with E-state index in [1.165, 1.54) is 12.8 Å². The van der Waals surface area contributed by atoms with Crippen LogP contribution < -0.4 is 0 Å². The fourth-order valence-electron chi connectivity index (χ4n) is 1.39. The molecule has 2 nitrogen and oxygen atoms in total. The van der Waals surface area contributed by atoms with Crippen molar-refractivity contribution in [1.82, 2.24) is 4.31 Å². The summed E-state index contributed by atoms with van der Waals surface area (Å²) in [6, 6.07) is 0.472. The Morgan fingerprint density at radius 2 is 1.92 bits per heavy atom. The molecule has 2 unspecified atom stereocenters. The van der Waals surface area contributed by atoms with E-state index in [0.717, 1.165) is 6.54 Å². The molecule has 0 spiro atoms. The second kappa shape index (κ2) is 8.65. The van der Waals surface area contributed by atoms with Crippen molar-refractivity contribution in [3.8, 4) is 0 Å². The number of halogens is 3. The number of hydrogen-bond acceptors (Lipinski definition) is 2. The lowest BCUT2D eigenvalue weighted by molar-refractivity contribution is 0.0715. The lowest BCUT2D eigenvalue weighted by Gasteiger charge is -2.22. The first kappa shape index (κ1) is 18.8. The van der Waals surface area contributed by atoms with Gasteiger partial charge in [0.25, 0.3) is 0 Å². The molecule has 1 saturated heterocycles. The molecule has 6 heteroatoms. The Morgan fingerprint density at radius 3 is 2.23 bits per heavy atom. The van der Waals surface area contributed by atoms with Crippen molar-refractivity contribution in [2.75, 3.05) is 13.7 Å². The molecular formula is C7H17F3NOS. The Morgan fingerprint density at radius 1 is 1.38 bits per heavy atom. The van der Waals surface area contributed by atoms with Crippen LogP contribution in [0.15, 0.2) is 0 Å². The molecule has 1 rings (SSSR count). The molecule has 13 heavy (non-hydrogen) atoms. The fourth-order valence-corrected chi connectivity index (χ4v) is 1.80. The molecule has 0 saturated carbocycles.